The van der Waals surface area contributed by atoms with Crippen LogP contribution in [0.2, 0.25) is 10.0 Å². The van der Waals surface area contributed by atoms with Gasteiger partial charge in [-0.2, -0.15) is 0 Å². The van der Waals surface area contributed by atoms with E-state index in [1.165, 1.54) is 29.2 Å². The van der Waals surface area contributed by atoms with E-state index in [9.17, 15) is 19.2 Å². The van der Waals surface area contributed by atoms with Crippen LogP contribution in [0, 0.1) is 11.3 Å². The molecule has 6 rings (SSSR count). The predicted octanol–water partition coefficient (Wildman–Crippen LogP) is 11.3. The number of ether oxygens (including phenoxy) is 1. The van der Waals surface area contributed by atoms with Crippen LogP contribution in [0.25, 0.3) is 6.08 Å². The molecule has 8 nitrogen and oxygen atoms in total. The Balaban J connectivity index is 1.27. The zero-order valence-electron chi connectivity index (χ0n) is 32.0. The average molecular weight is 841 g/mol. The summed E-state index contributed by atoms with van der Waals surface area (Å²) in [7, 11) is 0. The van der Waals surface area contributed by atoms with E-state index in [4.69, 9.17) is 27.9 Å². The number of thioether (sulfide) groups is 1. The van der Waals surface area contributed by atoms with Crippen molar-refractivity contribution in [3.8, 4) is 0 Å². The van der Waals surface area contributed by atoms with Gasteiger partial charge < -0.3 is 20.7 Å². The van der Waals surface area contributed by atoms with E-state index in [0.29, 0.717) is 43.2 Å². The van der Waals surface area contributed by atoms with Crippen LogP contribution < -0.4 is 16.0 Å². The SMILES string of the molecule is CCOC(=O)c1c(NC(=O)C(Sc2cccc(NC(=O)/C(=C\c3cccc(Cl)c3Cl)NC(=O)c3ccccc3)c2)c2ccccc2)sc2c1CCC(C(C)(C)C)C2. The highest BCUT2D eigenvalue weighted by atomic mass is 35.5. The number of thiophene rings is 1. The van der Waals surface area contributed by atoms with Crippen LogP contribution in [0.5, 0.6) is 0 Å². The smallest absolute Gasteiger partial charge is 0.341 e. The molecule has 1 aromatic heterocycles. The summed E-state index contributed by atoms with van der Waals surface area (Å²) < 4.78 is 5.50. The summed E-state index contributed by atoms with van der Waals surface area (Å²) >= 11 is 15.5. The number of fused-ring (bicyclic) bond motifs is 1. The third kappa shape index (κ3) is 10.4. The first-order valence-electron chi connectivity index (χ1n) is 18.6. The minimum absolute atomic E-state index is 0.0579. The number of amides is 3. The topological polar surface area (TPSA) is 114 Å². The maximum Gasteiger partial charge on any atom is 0.341 e. The molecule has 1 aliphatic carbocycles. The van der Waals surface area contributed by atoms with Gasteiger partial charge in [0.1, 0.15) is 15.9 Å². The number of anilines is 2. The number of carbonyl (C=O) groups is 4. The molecule has 0 radical (unpaired) electrons. The minimum atomic E-state index is -0.723. The van der Waals surface area contributed by atoms with Crippen LogP contribution in [-0.4, -0.2) is 30.3 Å². The molecule has 12 heteroatoms. The normalized spacial score (nSPS) is 14.6. The van der Waals surface area contributed by atoms with Crippen LogP contribution >= 0.6 is 46.3 Å². The van der Waals surface area contributed by atoms with Crippen molar-refractivity contribution in [2.45, 2.75) is 57.1 Å². The zero-order chi connectivity index (χ0) is 40.7. The van der Waals surface area contributed by atoms with Crippen molar-refractivity contribution in [3.05, 3.63) is 152 Å². The Hall–Kier alpha value is -4.87. The highest BCUT2D eigenvalue weighted by Crippen LogP contribution is 2.45. The number of hydrogen-bond donors (Lipinski definition) is 3. The maximum atomic E-state index is 14.4. The predicted molar refractivity (Wildman–Crippen MR) is 232 cm³/mol. The molecule has 0 aliphatic heterocycles. The molecule has 294 valence electrons. The van der Waals surface area contributed by atoms with Crippen molar-refractivity contribution >= 4 is 86.8 Å². The molecule has 4 aromatic carbocycles. The molecule has 2 unspecified atom stereocenters. The van der Waals surface area contributed by atoms with Crippen molar-refractivity contribution < 1.29 is 23.9 Å². The lowest BCUT2D eigenvalue weighted by molar-refractivity contribution is -0.116. The first kappa shape index (κ1) is 41.8. The molecule has 3 N–H and O–H groups in total. The third-order valence-corrected chi connectivity index (χ3v) is 13.0. The van der Waals surface area contributed by atoms with E-state index in [2.05, 4.69) is 36.7 Å². The summed E-state index contributed by atoms with van der Waals surface area (Å²) in [6.07, 6.45) is 3.99. The van der Waals surface area contributed by atoms with Crippen molar-refractivity contribution in [3.63, 3.8) is 0 Å². The van der Waals surface area contributed by atoms with Crippen molar-refractivity contribution in [2.24, 2.45) is 11.3 Å². The van der Waals surface area contributed by atoms with E-state index in [1.54, 1.807) is 73.7 Å². The van der Waals surface area contributed by atoms with Crippen molar-refractivity contribution in [1.29, 1.82) is 0 Å². The van der Waals surface area contributed by atoms with Gasteiger partial charge in [-0.3, -0.25) is 14.4 Å². The fourth-order valence-corrected chi connectivity index (χ4v) is 9.39. The summed E-state index contributed by atoms with van der Waals surface area (Å²) in [4.78, 5) is 56.6. The number of halogens is 2. The Morgan fingerprint density at radius 1 is 0.912 bits per heavy atom. The molecule has 3 amide bonds. The zero-order valence-corrected chi connectivity index (χ0v) is 35.1. The number of nitrogens with one attached hydrogen (secondary N) is 3. The highest BCUT2D eigenvalue weighted by Gasteiger charge is 2.35. The van der Waals surface area contributed by atoms with Gasteiger partial charge in [0, 0.05) is 21.0 Å². The maximum absolute atomic E-state index is 14.4. The van der Waals surface area contributed by atoms with Crippen LogP contribution in [0.1, 0.15) is 81.6 Å². The van der Waals surface area contributed by atoms with Gasteiger partial charge in [-0.25, -0.2) is 4.79 Å². The lowest BCUT2D eigenvalue weighted by Crippen LogP contribution is -2.30. The van der Waals surface area contributed by atoms with Gasteiger partial charge in [0.05, 0.1) is 22.2 Å². The summed E-state index contributed by atoms with van der Waals surface area (Å²) in [5.41, 5.74) is 3.45. The van der Waals surface area contributed by atoms with Crippen molar-refractivity contribution in [1.82, 2.24) is 5.32 Å². The molecule has 1 aliphatic rings. The summed E-state index contributed by atoms with van der Waals surface area (Å²) in [6.45, 7) is 8.72. The third-order valence-electron chi connectivity index (χ3n) is 9.70. The number of benzene rings is 4. The van der Waals surface area contributed by atoms with E-state index in [0.717, 1.165) is 35.3 Å². The lowest BCUT2D eigenvalue weighted by atomic mass is 9.72. The van der Waals surface area contributed by atoms with Gasteiger partial charge in [0.2, 0.25) is 5.91 Å². The number of rotatable bonds is 12. The summed E-state index contributed by atoms with van der Waals surface area (Å²) in [6, 6.07) is 30.0. The van der Waals surface area contributed by atoms with Gasteiger partial charge in [-0.1, -0.05) is 111 Å². The van der Waals surface area contributed by atoms with Crippen LogP contribution in [-0.2, 0) is 27.2 Å². The highest BCUT2D eigenvalue weighted by molar-refractivity contribution is 8.00. The molecule has 1 heterocycles. The molecule has 0 saturated heterocycles. The number of esters is 1. The molecule has 0 spiro atoms. The summed E-state index contributed by atoms with van der Waals surface area (Å²) in [5.74, 6) is -1.37. The fourth-order valence-electron chi connectivity index (χ4n) is 6.62. The van der Waals surface area contributed by atoms with Gasteiger partial charge in [-0.15, -0.1) is 23.1 Å². The van der Waals surface area contributed by atoms with Crippen LogP contribution in [0.15, 0.2) is 114 Å². The summed E-state index contributed by atoms with van der Waals surface area (Å²) in [5, 5.41) is 9.04. The average Bonchev–Trinajstić information content (AvgIpc) is 3.56. The van der Waals surface area contributed by atoms with E-state index < -0.39 is 23.0 Å². The van der Waals surface area contributed by atoms with Gasteiger partial charge in [-0.05, 0) is 96.7 Å². The fraction of sp³-hybridized carbons (Fsp3) is 0.244. The monoisotopic (exact) mass is 839 g/mol. The quantitative estimate of drug-likeness (QED) is 0.0655. The van der Waals surface area contributed by atoms with E-state index >= 15 is 0 Å². The van der Waals surface area contributed by atoms with Gasteiger partial charge in [0.25, 0.3) is 11.8 Å². The molecule has 0 bridgehead atoms. The Kier molecular flexibility index (Phi) is 13.6. The van der Waals surface area contributed by atoms with Gasteiger partial charge in [0.15, 0.2) is 0 Å². The standard InChI is InChI=1S/C45H43Cl2N3O5S2/c1-5-55-44(54)37-33-23-22-30(45(2,3)4)25-36(33)57-43(37)50-42(53)39(27-14-8-6-9-15-27)56-32-20-13-19-31(26-32)48-41(52)35(24-29-18-12-21-34(46)38(29)47)49-40(51)28-16-10-7-11-17-28/h6-21,24,26,30,39H,5,22-23,25H2,1-4H3,(H,48,52)(H,49,51)(H,50,53)/b35-24+. The minimum Gasteiger partial charge on any atom is -0.462 e. The Morgan fingerprint density at radius 3 is 2.32 bits per heavy atom. The van der Waals surface area contributed by atoms with E-state index in [-0.39, 0.29) is 28.6 Å². The van der Waals surface area contributed by atoms with Gasteiger partial charge >= 0.3 is 5.97 Å². The largest absolute Gasteiger partial charge is 0.462 e. The second kappa shape index (κ2) is 18.6. The first-order valence-corrected chi connectivity index (χ1v) is 21.0. The molecular weight excluding hydrogens is 798 g/mol. The Morgan fingerprint density at radius 2 is 1.61 bits per heavy atom. The number of hydrogen-bond acceptors (Lipinski definition) is 7. The Labute approximate surface area is 351 Å². The Bertz CT molecular complexity index is 2310. The molecular formula is C45H43Cl2N3O5S2. The molecule has 0 fully saturated rings. The second-order valence-corrected chi connectivity index (χ2v) is 17.7. The van der Waals surface area contributed by atoms with Crippen LogP contribution in [0.4, 0.5) is 10.7 Å². The van der Waals surface area contributed by atoms with Crippen LogP contribution in [0.3, 0.4) is 0 Å². The lowest BCUT2D eigenvalue weighted by Gasteiger charge is -2.33. The van der Waals surface area contributed by atoms with Crippen molar-refractivity contribution in [2.75, 3.05) is 17.2 Å². The molecule has 0 saturated carbocycles. The van der Waals surface area contributed by atoms with E-state index in [1.807, 2.05) is 36.4 Å². The first-order chi connectivity index (χ1) is 27.3. The molecule has 2 atom stereocenters. The number of carbonyl (C=O) groups excluding carboxylic acids is 4. The molecule has 5 aromatic rings. The second-order valence-electron chi connectivity index (χ2n) is 14.6. The molecule has 57 heavy (non-hydrogen) atoms.